The number of rotatable bonds is 2. The van der Waals surface area contributed by atoms with E-state index in [4.69, 9.17) is 0 Å². The maximum atomic E-state index is 11.7. The molecule has 0 N–H and O–H groups in total. The third kappa shape index (κ3) is 2.91. The molecule has 0 radical (unpaired) electrons. The Kier molecular flexibility index (Phi) is 4.23. The molecule has 0 spiro atoms. The Morgan fingerprint density at radius 1 is 1.08 bits per heavy atom. The molecule has 2 aliphatic rings. The van der Waals surface area contributed by atoms with Crippen LogP contribution in [0, 0.1) is 5.92 Å². The van der Waals surface area contributed by atoms with Crippen molar-refractivity contribution in [3.63, 3.8) is 0 Å². The predicted molar refractivity (Wildman–Crippen MR) is 99.0 cm³/mol. The number of fused-ring (bicyclic) bond motifs is 2. The van der Waals surface area contributed by atoms with Crippen molar-refractivity contribution in [2.24, 2.45) is 5.92 Å². The van der Waals surface area contributed by atoms with Crippen LogP contribution < -0.4 is 4.90 Å². The fourth-order valence-electron chi connectivity index (χ4n) is 3.74. The van der Waals surface area contributed by atoms with Gasteiger partial charge in [0.15, 0.2) is 0 Å². The van der Waals surface area contributed by atoms with Crippen molar-refractivity contribution in [1.82, 2.24) is 4.90 Å². The lowest BCUT2D eigenvalue weighted by molar-refractivity contribution is -0.130. The van der Waals surface area contributed by atoms with E-state index in [9.17, 15) is 4.79 Å². The van der Waals surface area contributed by atoms with Crippen LogP contribution in [0.2, 0.25) is 0 Å². The normalized spacial score (nSPS) is 19.6. The molecular weight excluding hydrogens is 316 g/mol. The smallest absolute Gasteiger partial charge is 0.219 e. The van der Waals surface area contributed by atoms with Crippen LogP contribution in [0.1, 0.15) is 19.8 Å². The van der Waals surface area contributed by atoms with Crippen LogP contribution in [0.3, 0.4) is 0 Å². The van der Waals surface area contributed by atoms with Crippen molar-refractivity contribution in [2.75, 3.05) is 24.5 Å². The molecule has 2 heterocycles. The molecule has 1 atom stereocenters. The molecule has 0 saturated carbocycles. The fourth-order valence-corrected chi connectivity index (χ4v) is 4.83. The summed E-state index contributed by atoms with van der Waals surface area (Å²) in [5.41, 5.74) is 2.59. The van der Waals surface area contributed by atoms with E-state index in [1.807, 2.05) is 16.7 Å². The molecule has 2 aliphatic heterocycles. The van der Waals surface area contributed by atoms with E-state index in [0.717, 1.165) is 26.1 Å². The fraction of sp³-hybridized carbons (Fsp3) is 0.350. The topological polar surface area (TPSA) is 23.6 Å². The van der Waals surface area contributed by atoms with Gasteiger partial charge in [-0.05, 0) is 43.0 Å². The van der Waals surface area contributed by atoms with E-state index in [0.29, 0.717) is 5.92 Å². The number of para-hydroxylation sites is 2. The maximum absolute atomic E-state index is 11.7. The Hall–Kier alpha value is -1.94. The molecule has 0 aliphatic carbocycles. The van der Waals surface area contributed by atoms with Crippen molar-refractivity contribution in [3.8, 4) is 0 Å². The van der Waals surface area contributed by atoms with E-state index < -0.39 is 0 Å². The molecule has 4 heteroatoms. The number of carbonyl (C=O) groups excluding carboxylic acids is 1. The highest BCUT2D eigenvalue weighted by Crippen LogP contribution is 2.48. The Bertz CT molecular complexity index is 715. The number of piperidine rings is 1. The highest BCUT2D eigenvalue weighted by molar-refractivity contribution is 7.99. The molecule has 1 unspecified atom stereocenters. The quantitative estimate of drug-likeness (QED) is 0.803. The molecule has 4 rings (SSSR count). The van der Waals surface area contributed by atoms with Gasteiger partial charge in [-0.25, -0.2) is 0 Å². The second-order valence-corrected chi connectivity index (χ2v) is 7.71. The molecule has 0 bridgehead atoms. The first-order valence-corrected chi connectivity index (χ1v) is 9.43. The second-order valence-electron chi connectivity index (χ2n) is 6.62. The van der Waals surface area contributed by atoms with Gasteiger partial charge in [-0.3, -0.25) is 4.79 Å². The molecule has 124 valence electrons. The number of hydrogen-bond donors (Lipinski definition) is 0. The Morgan fingerprint density at radius 2 is 1.71 bits per heavy atom. The zero-order valence-corrected chi connectivity index (χ0v) is 14.8. The highest BCUT2D eigenvalue weighted by Gasteiger charge is 2.28. The lowest BCUT2D eigenvalue weighted by Crippen LogP contribution is -2.42. The van der Waals surface area contributed by atoms with Gasteiger partial charge in [0.05, 0.1) is 11.4 Å². The maximum Gasteiger partial charge on any atom is 0.219 e. The number of anilines is 2. The Morgan fingerprint density at radius 3 is 2.33 bits per heavy atom. The third-order valence-electron chi connectivity index (χ3n) is 4.94. The lowest BCUT2D eigenvalue weighted by atomic mass is 9.96. The third-order valence-corrected chi connectivity index (χ3v) is 6.07. The molecule has 2 aromatic carbocycles. The molecule has 0 aromatic heterocycles. The van der Waals surface area contributed by atoms with Crippen molar-refractivity contribution in [2.45, 2.75) is 29.6 Å². The zero-order valence-electron chi connectivity index (χ0n) is 13.9. The van der Waals surface area contributed by atoms with Crippen molar-refractivity contribution in [1.29, 1.82) is 0 Å². The van der Waals surface area contributed by atoms with Crippen molar-refractivity contribution >= 4 is 29.0 Å². The number of benzene rings is 2. The van der Waals surface area contributed by atoms with Gasteiger partial charge < -0.3 is 9.80 Å². The molecule has 2 aromatic rings. The molecule has 24 heavy (non-hydrogen) atoms. The van der Waals surface area contributed by atoms with Gasteiger partial charge >= 0.3 is 0 Å². The van der Waals surface area contributed by atoms with E-state index >= 15 is 0 Å². The summed E-state index contributed by atoms with van der Waals surface area (Å²) in [5.74, 6) is 0.724. The van der Waals surface area contributed by atoms with Crippen LogP contribution in [0.4, 0.5) is 11.4 Å². The van der Waals surface area contributed by atoms with E-state index in [1.165, 1.54) is 27.6 Å². The predicted octanol–water partition coefficient (Wildman–Crippen LogP) is 4.55. The summed E-state index contributed by atoms with van der Waals surface area (Å²) in [6.07, 6.45) is 2.30. The van der Waals surface area contributed by atoms with E-state index in [-0.39, 0.29) is 5.91 Å². The summed E-state index contributed by atoms with van der Waals surface area (Å²) in [6.45, 7) is 4.45. The van der Waals surface area contributed by atoms with Crippen molar-refractivity contribution in [3.05, 3.63) is 48.5 Å². The van der Waals surface area contributed by atoms with Gasteiger partial charge in [-0.1, -0.05) is 36.0 Å². The summed E-state index contributed by atoms with van der Waals surface area (Å²) in [5, 5.41) is 0. The lowest BCUT2D eigenvalue weighted by Gasteiger charge is -2.38. The van der Waals surface area contributed by atoms with E-state index in [1.54, 1.807) is 6.92 Å². The zero-order chi connectivity index (χ0) is 16.5. The minimum Gasteiger partial charge on any atom is -0.343 e. The number of likely N-dealkylation sites (tertiary alicyclic amines) is 1. The molecule has 3 nitrogen and oxygen atoms in total. The summed E-state index contributed by atoms with van der Waals surface area (Å²) in [4.78, 5) is 18.8. The first-order valence-electron chi connectivity index (χ1n) is 8.61. The number of amides is 1. The molecule has 1 amide bonds. The molecular formula is C20H22N2OS. The van der Waals surface area contributed by atoms with Gasteiger partial charge in [0.2, 0.25) is 5.91 Å². The summed E-state index contributed by atoms with van der Waals surface area (Å²) < 4.78 is 0. The van der Waals surface area contributed by atoms with Gasteiger partial charge in [0, 0.05) is 36.3 Å². The van der Waals surface area contributed by atoms with Crippen LogP contribution in [0.15, 0.2) is 58.3 Å². The monoisotopic (exact) mass is 338 g/mol. The van der Waals surface area contributed by atoms with Crippen LogP contribution in [0.5, 0.6) is 0 Å². The standard InChI is InChI=1S/C20H22N2OS/c1-15(23)21-12-6-7-16(13-21)14-22-17-8-2-4-10-19(17)24-20-11-5-3-9-18(20)22/h2-5,8-11,16H,6-7,12-14H2,1H3. The second kappa shape index (κ2) is 6.52. The van der Waals surface area contributed by atoms with Crippen molar-refractivity contribution < 1.29 is 4.79 Å². The van der Waals surface area contributed by atoms with Crippen LogP contribution in [0.25, 0.3) is 0 Å². The SMILES string of the molecule is CC(=O)N1CCCC(CN2c3ccccc3Sc3ccccc32)C1. The minimum absolute atomic E-state index is 0.203. The first-order chi connectivity index (χ1) is 11.7. The highest BCUT2D eigenvalue weighted by atomic mass is 32.2. The summed E-state index contributed by atoms with van der Waals surface area (Å²) >= 11 is 1.85. The molecule has 1 saturated heterocycles. The number of carbonyl (C=O) groups is 1. The van der Waals surface area contributed by atoms with Crippen LogP contribution in [-0.2, 0) is 4.79 Å². The van der Waals surface area contributed by atoms with E-state index in [2.05, 4.69) is 53.4 Å². The van der Waals surface area contributed by atoms with Gasteiger partial charge in [0.25, 0.3) is 0 Å². The van der Waals surface area contributed by atoms with Crippen LogP contribution in [-0.4, -0.2) is 30.4 Å². The average Bonchev–Trinajstić information content (AvgIpc) is 2.62. The summed E-state index contributed by atoms with van der Waals surface area (Å²) in [7, 11) is 0. The van der Waals surface area contributed by atoms with Gasteiger partial charge in [-0.2, -0.15) is 0 Å². The largest absolute Gasteiger partial charge is 0.343 e. The minimum atomic E-state index is 0.203. The molecule has 1 fully saturated rings. The Labute approximate surface area is 147 Å². The van der Waals surface area contributed by atoms with Crippen LogP contribution >= 0.6 is 11.8 Å². The number of nitrogens with zero attached hydrogens (tertiary/aromatic N) is 2. The average molecular weight is 338 g/mol. The Balaban J connectivity index is 1.64. The van der Waals surface area contributed by atoms with Gasteiger partial charge in [0.1, 0.15) is 0 Å². The number of hydrogen-bond acceptors (Lipinski definition) is 3. The van der Waals surface area contributed by atoms with Gasteiger partial charge in [-0.15, -0.1) is 0 Å². The summed E-state index contributed by atoms with van der Waals surface area (Å²) in [6, 6.07) is 17.3. The first kappa shape index (κ1) is 15.6.